The van der Waals surface area contributed by atoms with Gasteiger partial charge in [-0.1, -0.05) is 37.5 Å². The molecule has 2 atom stereocenters. The molecule has 1 N–H and O–H groups in total. The molecule has 0 radical (unpaired) electrons. The third kappa shape index (κ3) is 2.80. The summed E-state index contributed by atoms with van der Waals surface area (Å²) in [6.45, 7) is 2.21. The zero-order valence-corrected chi connectivity index (χ0v) is 10.7. The molecule has 88 valence electrons. The predicted octanol–water partition coefficient (Wildman–Crippen LogP) is 3.86. The lowest BCUT2D eigenvalue weighted by Gasteiger charge is -2.32. The second-order valence-electron chi connectivity index (χ2n) is 4.84. The first-order valence-electron chi connectivity index (χ1n) is 6.13. The van der Waals surface area contributed by atoms with E-state index in [-0.39, 0.29) is 10.9 Å². The fourth-order valence-electron chi connectivity index (χ4n) is 2.34. The zero-order chi connectivity index (χ0) is 11.4. The van der Waals surface area contributed by atoms with Crippen molar-refractivity contribution in [2.24, 2.45) is 0 Å². The van der Waals surface area contributed by atoms with E-state index in [4.69, 9.17) is 0 Å². The molecule has 1 saturated carbocycles. The van der Waals surface area contributed by atoms with Crippen LogP contribution in [0.1, 0.15) is 39.0 Å². The van der Waals surface area contributed by atoms with E-state index in [9.17, 15) is 5.11 Å². The third-order valence-electron chi connectivity index (χ3n) is 3.45. The lowest BCUT2D eigenvalue weighted by molar-refractivity contribution is 0.128. The molecule has 2 rings (SSSR count). The van der Waals surface area contributed by atoms with Crippen LogP contribution in [0.25, 0.3) is 0 Å². The van der Waals surface area contributed by atoms with Crippen molar-refractivity contribution < 1.29 is 5.11 Å². The van der Waals surface area contributed by atoms with Crippen LogP contribution in [0, 0.1) is 0 Å². The van der Waals surface area contributed by atoms with Gasteiger partial charge in [0.05, 0.1) is 6.10 Å². The molecule has 0 heterocycles. The van der Waals surface area contributed by atoms with Gasteiger partial charge in [-0.25, -0.2) is 0 Å². The summed E-state index contributed by atoms with van der Waals surface area (Å²) in [7, 11) is 0. The number of benzene rings is 1. The van der Waals surface area contributed by atoms with Crippen LogP contribution in [0.4, 0.5) is 0 Å². The van der Waals surface area contributed by atoms with Gasteiger partial charge in [0.1, 0.15) is 0 Å². The molecule has 1 aliphatic rings. The average Bonchev–Trinajstić information content (AvgIpc) is 2.44. The number of rotatable bonds is 2. The maximum atomic E-state index is 10.2. The van der Waals surface area contributed by atoms with Gasteiger partial charge in [0.25, 0.3) is 0 Å². The smallest absolute Gasteiger partial charge is 0.0687 e. The fraction of sp³-hybridized carbons (Fsp3) is 0.571. The van der Waals surface area contributed by atoms with Crippen LogP contribution >= 0.6 is 11.8 Å². The number of thioether (sulfide) groups is 1. The van der Waals surface area contributed by atoms with Gasteiger partial charge in [0.15, 0.2) is 0 Å². The maximum Gasteiger partial charge on any atom is 0.0687 e. The minimum Gasteiger partial charge on any atom is -0.392 e. The second kappa shape index (κ2) is 5.24. The minimum atomic E-state index is -0.166. The molecule has 0 aromatic heterocycles. The van der Waals surface area contributed by atoms with Gasteiger partial charge in [0, 0.05) is 9.64 Å². The van der Waals surface area contributed by atoms with Crippen LogP contribution < -0.4 is 0 Å². The molecule has 0 amide bonds. The monoisotopic (exact) mass is 236 g/mol. The summed E-state index contributed by atoms with van der Waals surface area (Å²) in [6.07, 6.45) is 5.59. The molecule has 2 unspecified atom stereocenters. The highest BCUT2D eigenvalue weighted by molar-refractivity contribution is 8.00. The van der Waals surface area contributed by atoms with E-state index in [0.717, 1.165) is 12.8 Å². The number of hydrogen-bond acceptors (Lipinski definition) is 2. The van der Waals surface area contributed by atoms with Gasteiger partial charge in [-0.05, 0) is 31.9 Å². The van der Waals surface area contributed by atoms with Gasteiger partial charge in [0.2, 0.25) is 0 Å². The molecule has 0 spiro atoms. The Morgan fingerprint density at radius 1 is 1.19 bits per heavy atom. The Balaban J connectivity index is 2.11. The van der Waals surface area contributed by atoms with E-state index in [0.29, 0.717) is 0 Å². The van der Waals surface area contributed by atoms with E-state index in [1.54, 1.807) is 0 Å². The molecule has 2 heteroatoms. The van der Waals surface area contributed by atoms with E-state index in [1.165, 1.54) is 24.2 Å². The van der Waals surface area contributed by atoms with Crippen LogP contribution in [-0.4, -0.2) is 16.0 Å². The Morgan fingerprint density at radius 3 is 2.69 bits per heavy atom. The first-order chi connectivity index (χ1) is 7.71. The predicted molar refractivity (Wildman–Crippen MR) is 69.8 cm³/mol. The van der Waals surface area contributed by atoms with Gasteiger partial charge < -0.3 is 5.11 Å². The van der Waals surface area contributed by atoms with Crippen molar-refractivity contribution in [1.82, 2.24) is 0 Å². The van der Waals surface area contributed by atoms with Crippen molar-refractivity contribution in [3.63, 3.8) is 0 Å². The molecule has 1 aromatic rings. The SMILES string of the molecule is CC1(Sc2ccccc2)CCCCCC1O. The molecule has 0 saturated heterocycles. The largest absolute Gasteiger partial charge is 0.392 e. The Kier molecular flexibility index (Phi) is 3.93. The Hall–Kier alpha value is -0.470. The quantitative estimate of drug-likeness (QED) is 0.787. The van der Waals surface area contributed by atoms with E-state index < -0.39 is 0 Å². The number of aliphatic hydroxyl groups is 1. The molecule has 16 heavy (non-hydrogen) atoms. The van der Waals surface area contributed by atoms with Crippen LogP contribution in [-0.2, 0) is 0 Å². The highest BCUT2D eigenvalue weighted by Gasteiger charge is 2.34. The van der Waals surface area contributed by atoms with E-state index in [2.05, 4.69) is 31.2 Å². The van der Waals surface area contributed by atoms with Crippen molar-refractivity contribution in [2.75, 3.05) is 0 Å². The Bertz CT molecular complexity index is 325. The summed E-state index contributed by atoms with van der Waals surface area (Å²) in [5.74, 6) is 0. The highest BCUT2D eigenvalue weighted by atomic mass is 32.2. The lowest BCUT2D eigenvalue weighted by atomic mass is 9.99. The van der Waals surface area contributed by atoms with Crippen molar-refractivity contribution in [2.45, 2.75) is 54.8 Å². The summed E-state index contributed by atoms with van der Waals surface area (Å²) in [5.41, 5.74) is 0. The molecular weight excluding hydrogens is 216 g/mol. The highest BCUT2D eigenvalue weighted by Crippen LogP contribution is 2.42. The Morgan fingerprint density at radius 2 is 1.94 bits per heavy atom. The average molecular weight is 236 g/mol. The molecule has 1 aliphatic carbocycles. The lowest BCUT2D eigenvalue weighted by Crippen LogP contribution is -2.34. The van der Waals surface area contributed by atoms with Gasteiger partial charge in [-0.3, -0.25) is 0 Å². The summed E-state index contributed by atoms with van der Waals surface area (Å²) in [5, 5.41) is 10.2. The van der Waals surface area contributed by atoms with Crippen molar-refractivity contribution >= 4 is 11.8 Å². The van der Waals surface area contributed by atoms with Crippen molar-refractivity contribution in [1.29, 1.82) is 0 Å². The second-order valence-corrected chi connectivity index (χ2v) is 6.45. The first kappa shape index (κ1) is 12.0. The molecule has 1 fully saturated rings. The summed E-state index contributed by atoms with van der Waals surface area (Å²) >= 11 is 1.84. The fourth-order valence-corrected chi connectivity index (χ4v) is 3.67. The molecule has 1 aromatic carbocycles. The summed E-state index contributed by atoms with van der Waals surface area (Å²) in [6, 6.07) is 10.4. The first-order valence-corrected chi connectivity index (χ1v) is 6.94. The maximum absolute atomic E-state index is 10.2. The Labute approximate surface area is 102 Å². The van der Waals surface area contributed by atoms with Crippen molar-refractivity contribution in [3.05, 3.63) is 30.3 Å². The molecule has 0 bridgehead atoms. The molecular formula is C14H20OS. The third-order valence-corrected chi connectivity index (χ3v) is 4.90. The van der Waals surface area contributed by atoms with Gasteiger partial charge >= 0.3 is 0 Å². The van der Waals surface area contributed by atoms with E-state index >= 15 is 0 Å². The van der Waals surface area contributed by atoms with Crippen LogP contribution in [0.5, 0.6) is 0 Å². The van der Waals surface area contributed by atoms with Crippen LogP contribution in [0.2, 0.25) is 0 Å². The standard InChI is InChI=1S/C14H20OS/c1-14(11-7-3-6-10-13(14)15)16-12-8-4-2-5-9-12/h2,4-5,8-9,13,15H,3,6-7,10-11H2,1H3. The summed E-state index contributed by atoms with van der Waals surface area (Å²) in [4.78, 5) is 1.27. The zero-order valence-electron chi connectivity index (χ0n) is 9.86. The van der Waals surface area contributed by atoms with Crippen LogP contribution in [0.15, 0.2) is 35.2 Å². The van der Waals surface area contributed by atoms with E-state index in [1.807, 2.05) is 17.8 Å². The normalized spacial score (nSPS) is 31.0. The molecule has 0 aliphatic heterocycles. The molecule has 1 nitrogen and oxygen atoms in total. The number of aliphatic hydroxyl groups excluding tert-OH is 1. The van der Waals surface area contributed by atoms with Crippen LogP contribution in [0.3, 0.4) is 0 Å². The van der Waals surface area contributed by atoms with Crippen molar-refractivity contribution in [3.8, 4) is 0 Å². The summed E-state index contributed by atoms with van der Waals surface area (Å²) < 4.78 is -0.00213. The van der Waals surface area contributed by atoms with Gasteiger partial charge in [-0.2, -0.15) is 0 Å². The minimum absolute atomic E-state index is 0.00213. The number of hydrogen-bond donors (Lipinski definition) is 1. The topological polar surface area (TPSA) is 20.2 Å². The van der Waals surface area contributed by atoms with Gasteiger partial charge in [-0.15, -0.1) is 11.8 Å².